The minimum atomic E-state index is 0.0892. The summed E-state index contributed by atoms with van der Waals surface area (Å²) in [4.78, 5) is 14.8. The van der Waals surface area contributed by atoms with Gasteiger partial charge in [-0.25, -0.2) is 0 Å². The number of benzene rings is 2. The summed E-state index contributed by atoms with van der Waals surface area (Å²) in [6.07, 6.45) is 3.94. The summed E-state index contributed by atoms with van der Waals surface area (Å²) < 4.78 is 5.17. The molecule has 1 amide bonds. The third-order valence-corrected chi connectivity index (χ3v) is 6.10. The second-order valence-electron chi connectivity index (χ2n) is 7.22. The van der Waals surface area contributed by atoms with Crippen LogP contribution in [0.15, 0.2) is 48.5 Å². The predicted octanol–water partition coefficient (Wildman–Crippen LogP) is 4.23. The summed E-state index contributed by atoms with van der Waals surface area (Å²) in [5, 5.41) is 3.08. The van der Waals surface area contributed by atoms with Crippen LogP contribution >= 0.6 is 11.8 Å². The topological polar surface area (TPSA) is 41.6 Å². The summed E-state index contributed by atoms with van der Waals surface area (Å²) >= 11 is 1.63. The van der Waals surface area contributed by atoms with Crippen molar-refractivity contribution in [1.29, 1.82) is 0 Å². The first-order valence-electron chi connectivity index (χ1n) is 10.0. The van der Waals surface area contributed by atoms with E-state index in [1.165, 1.54) is 49.0 Å². The van der Waals surface area contributed by atoms with Crippen molar-refractivity contribution in [3.63, 3.8) is 0 Å². The number of carbonyl (C=O) groups is 1. The first-order chi connectivity index (χ1) is 13.7. The Kier molecular flexibility index (Phi) is 8.24. The Labute approximate surface area is 172 Å². The molecule has 5 heteroatoms. The van der Waals surface area contributed by atoms with Gasteiger partial charge in [-0.2, -0.15) is 0 Å². The highest BCUT2D eigenvalue weighted by Crippen LogP contribution is 2.18. The molecule has 1 fully saturated rings. The van der Waals surface area contributed by atoms with Gasteiger partial charge in [0.1, 0.15) is 5.75 Å². The minimum Gasteiger partial charge on any atom is -0.497 e. The summed E-state index contributed by atoms with van der Waals surface area (Å²) in [6, 6.07) is 16.5. The molecule has 0 unspecified atom stereocenters. The summed E-state index contributed by atoms with van der Waals surface area (Å²) in [7, 11) is 1.67. The second kappa shape index (κ2) is 11.1. The number of amides is 1. The van der Waals surface area contributed by atoms with Crippen LogP contribution in [0.2, 0.25) is 0 Å². The molecule has 0 atom stereocenters. The number of hydrogen-bond donors (Lipinski definition) is 1. The van der Waals surface area contributed by atoms with E-state index in [0.29, 0.717) is 12.3 Å². The van der Waals surface area contributed by atoms with Gasteiger partial charge in [0.15, 0.2) is 0 Å². The van der Waals surface area contributed by atoms with E-state index < -0.39 is 0 Å². The number of thioether (sulfide) groups is 1. The van der Waals surface area contributed by atoms with Crippen molar-refractivity contribution in [1.82, 2.24) is 10.2 Å². The molecule has 1 N–H and O–H groups in total. The number of nitrogens with one attached hydrogen (secondary N) is 1. The monoisotopic (exact) mass is 398 g/mol. The van der Waals surface area contributed by atoms with Crippen LogP contribution in [0.25, 0.3) is 0 Å². The van der Waals surface area contributed by atoms with Crippen LogP contribution in [-0.4, -0.2) is 36.8 Å². The Morgan fingerprint density at radius 1 is 1.04 bits per heavy atom. The Hall–Kier alpha value is -1.98. The van der Waals surface area contributed by atoms with E-state index in [-0.39, 0.29) is 5.91 Å². The Morgan fingerprint density at radius 2 is 1.75 bits per heavy atom. The third-order valence-electron chi connectivity index (χ3n) is 5.10. The van der Waals surface area contributed by atoms with E-state index >= 15 is 0 Å². The number of carbonyl (C=O) groups excluding carboxylic acids is 1. The maximum atomic E-state index is 12.2. The molecule has 4 nitrogen and oxygen atoms in total. The maximum Gasteiger partial charge on any atom is 0.230 e. The maximum absolute atomic E-state index is 12.2. The molecule has 28 heavy (non-hydrogen) atoms. The molecule has 0 spiro atoms. The molecular formula is C23H30N2O2S. The molecule has 0 aromatic heterocycles. The van der Waals surface area contributed by atoms with Crippen LogP contribution in [0, 0.1) is 0 Å². The number of ether oxygens (including phenoxy) is 1. The fourth-order valence-electron chi connectivity index (χ4n) is 3.47. The number of methoxy groups -OCH3 is 1. The van der Waals surface area contributed by atoms with Crippen molar-refractivity contribution in [3.8, 4) is 5.75 Å². The minimum absolute atomic E-state index is 0.0892. The van der Waals surface area contributed by atoms with E-state index in [0.717, 1.165) is 18.0 Å². The lowest BCUT2D eigenvalue weighted by Gasteiger charge is -2.27. The molecule has 1 aliphatic heterocycles. The fourth-order valence-corrected chi connectivity index (χ4v) is 4.29. The number of nitrogens with zero attached hydrogens (tertiary/aromatic N) is 1. The van der Waals surface area contributed by atoms with E-state index in [2.05, 4.69) is 34.5 Å². The molecule has 1 heterocycles. The smallest absolute Gasteiger partial charge is 0.230 e. The quantitative estimate of drug-likeness (QED) is 0.686. The largest absolute Gasteiger partial charge is 0.497 e. The standard InChI is InChI=1S/C23H30N2O2S/c1-27-22-11-9-19(10-12-22)17-28-18-23(26)24-15-20-7-3-4-8-21(20)16-25-13-5-2-6-14-25/h3-4,7-12H,2,5-6,13-18H2,1H3,(H,24,26). The van der Waals surface area contributed by atoms with E-state index in [9.17, 15) is 4.79 Å². The molecule has 3 rings (SSSR count). The normalized spacial score (nSPS) is 14.6. The van der Waals surface area contributed by atoms with E-state index in [1.54, 1.807) is 18.9 Å². The van der Waals surface area contributed by atoms with Gasteiger partial charge in [0.05, 0.1) is 12.9 Å². The Morgan fingerprint density at radius 3 is 2.46 bits per heavy atom. The lowest BCUT2D eigenvalue weighted by molar-refractivity contribution is -0.118. The van der Waals surface area contributed by atoms with Crippen LogP contribution in [0.4, 0.5) is 0 Å². The molecule has 2 aromatic carbocycles. The van der Waals surface area contributed by atoms with Crippen molar-refractivity contribution in [2.75, 3.05) is 26.0 Å². The first kappa shape index (κ1) is 20.7. The molecule has 150 valence electrons. The zero-order valence-electron chi connectivity index (χ0n) is 16.7. The summed E-state index contributed by atoms with van der Waals surface area (Å²) in [5.41, 5.74) is 3.75. The zero-order chi connectivity index (χ0) is 19.6. The predicted molar refractivity (Wildman–Crippen MR) is 117 cm³/mol. The highest BCUT2D eigenvalue weighted by Gasteiger charge is 2.12. The van der Waals surface area contributed by atoms with Crippen molar-refractivity contribution >= 4 is 17.7 Å². The van der Waals surface area contributed by atoms with Gasteiger partial charge in [0.25, 0.3) is 0 Å². The lowest BCUT2D eigenvalue weighted by Crippen LogP contribution is -2.30. The van der Waals surface area contributed by atoms with Crippen molar-refractivity contribution in [2.45, 2.75) is 38.1 Å². The second-order valence-corrected chi connectivity index (χ2v) is 8.21. The van der Waals surface area contributed by atoms with Gasteiger partial charge >= 0.3 is 0 Å². The van der Waals surface area contributed by atoms with Gasteiger partial charge in [-0.1, -0.05) is 42.8 Å². The summed E-state index contributed by atoms with van der Waals surface area (Å²) in [5.74, 6) is 2.24. The molecule has 2 aromatic rings. The highest BCUT2D eigenvalue weighted by molar-refractivity contribution is 7.99. The van der Waals surface area contributed by atoms with Gasteiger partial charge in [0.2, 0.25) is 5.91 Å². The van der Waals surface area contributed by atoms with Crippen molar-refractivity contribution < 1.29 is 9.53 Å². The number of likely N-dealkylation sites (tertiary alicyclic amines) is 1. The number of hydrogen-bond acceptors (Lipinski definition) is 4. The zero-order valence-corrected chi connectivity index (χ0v) is 17.5. The van der Waals surface area contributed by atoms with E-state index in [1.807, 2.05) is 24.3 Å². The molecule has 0 saturated carbocycles. The van der Waals surface area contributed by atoms with Gasteiger partial charge in [0, 0.05) is 18.8 Å². The fraction of sp³-hybridized carbons (Fsp3) is 0.435. The Balaban J connectivity index is 1.42. The number of rotatable bonds is 9. The average molecular weight is 399 g/mol. The van der Waals surface area contributed by atoms with Gasteiger partial charge in [-0.05, 0) is 54.8 Å². The Bertz CT molecular complexity index is 743. The van der Waals surface area contributed by atoms with Gasteiger partial charge in [-0.15, -0.1) is 11.8 Å². The average Bonchev–Trinajstić information content (AvgIpc) is 2.74. The molecule has 0 radical (unpaired) electrons. The van der Waals surface area contributed by atoms with Crippen LogP contribution in [0.5, 0.6) is 5.75 Å². The molecule has 1 saturated heterocycles. The van der Waals surface area contributed by atoms with Gasteiger partial charge in [-0.3, -0.25) is 9.69 Å². The highest BCUT2D eigenvalue weighted by atomic mass is 32.2. The molecule has 1 aliphatic rings. The van der Waals surface area contributed by atoms with Gasteiger partial charge < -0.3 is 10.1 Å². The lowest BCUT2D eigenvalue weighted by atomic mass is 10.0. The molecule has 0 bridgehead atoms. The van der Waals surface area contributed by atoms with Crippen LogP contribution in [0.1, 0.15) is 36.0 Å². The number of piperidine rings is 1. The van der Waals surface area contributed by atoms with Crippen LogP contribution in [-0.2, 0) is 23.6 Å². The van der Waals surface area contributed by atoms with E-state index in [4.69, 9.17) is 4.74 Å². The SMILES string of the molecule is COc1ccc(CSCC(=O)NCc2ccccc2CN2CCCCC2)cc1. The summed E-state index contributed by atoms with van der Waals surface area (Å²) in [6.45, 7) is 3.95. The molecular weight excluding hydrogens is 368 g/mol. The van der Waals surface area contributed by atoms with Crippen LogP contribution in [0.3, 0.4) is 0 Å². The van der Waals surface area contributed by atoms with Crippen molar-refractivity contribution in [2.24, 2.45) is 0 Å². The third kappa shape index (κ3) is 6.57. The molecule has 0 aliphatic carbocycles. The van der Waals surface area contributed by atoms with Crippen molar-refractivity contribution in [3.05, 3.63) is 65.2 Å². The first-order valence-corrected chi connectivity index (χ1v) is 11.2. The van der Waals surface area contributed by atoms with Crippen LogP contribution < -0.4 is 10.1 Å².